The van der Waals surface area contributed by atoms with Crippen molar-refractivity contribution in [2.45, 2.75) is 63.8 Å². The number of alkyl halides is 1. The van der Waals surface area contributed by atoms with E-state index in [0.717, 1.165) is 12.8 Å². The molecule has 2 aromatic rings. The third-order valence-electron chi connectivity index (χ3n) is 5.77. The number of anilines is 2. The Morgan fingerprint density at radius 2 is 2.17 bits per heavy atom. The van der Waals surface area contributed by atoms with Gasteiger partial charge in [0.1, 0.15) is 11.7 Å². The van der Waals surface area contributed by atoms with E-state index in [0.29, 0.717) is 17.4 Å². The number of ether oxygens (including phenoxy) is 1. The van der Waals surface area contributed by atoms with Gasteiger partial charge in [0.2, 0.25) is 11.9 Å². The van der Waals surface area contributed by atoms with E-state index in [1.807, 2.05) is 11.9 Å². The van der Waals surface area contributed by atoms with Crippen LogP contribution in [0.25, 0.3) is 11.2 Å². The fourth-order valence-corrected chi connectivity index (χ4v) is 3.52. The van der Waals surface area contributed by atoms with Crippen LogP contribution < -0.4 is 10.2 Å². The number of amides is 1. The molecule has 1 saturated heterocycles. The molecule has 30 heavy (non-hydrogen) atoms. The van der Waals surface area contributed by atoms with Crippen molar-refractivity contribution in [2.24, 2.45) is 5.92 Å². The van der Waals surface area contributed by atoms with E-state index in [2.05, 4.69) is 20.3 Å². The minimum absolute atomic E-state index is 0.0873. The predicted molar refractivity (Wildman–Crippen MR) is 107 cm³/mol. The largest absolute Gasteiger partial charge is 0.393 e. The Morgan fingerprint density at radius 1 is 1.47 bits per heavy atom. The van der Waals surface area contributed by atoms with Gasteiger partial charge in [-0.1, -0.05) is 13.8 Å². The maximum atomic E-state index is 14.9. The van der Waals surface area contributed by atoms with Crippen LogP contribution in [0.5, 0.6) is 0 Å². The van der Waals surface area contributed by atoms with Crippen LogP contribution in [0.3, 0.4) is 0 Å². The predicted octanol–water partition coefficient (Wildman–Crippen LogP) is 0.998. The molecule has 11 heteroatoms. The number of rotatable bonds is 6. The highest BCUT2D eigenvalue weighted by Gasteiger charge is 2.53. The van der Waals surface area contributed by atoms with Crippen molar-refractivity contribution in [1.82, 2.24) is 19.5 Å². The van der Waals surface area contributed by atoms with Crippen molar-refractivity contribution in [3.05, 3.63) is 6.33 Å². The van der Waals surface area contributed by atoms with Crippen LogP contribution >= 0.6 is 0 Å². The molecule has 10 nitrogen and oxygen atoms in total. The number of nitrogens with one attached hydrogen (secondary N) is 1. The molecule has 2 fully saturated rings. The summed E-state index contributed by atoms with van der Waals surface area (Å²) in [5.74, 6) is 0.0975. The number of aromatic nitrogens is 4. The quantitative estimate of drug-likeness (QED) is 0.630. The van der Waals surface area contributed by atoms with Crippen molar-refractivity contribution in [3.8, 4) is 0 Å². The third kappa shape index (κ3) is 3.40. The summed E-state index contributed by atoms with van der Waals surface area (Å²) in [6.45, 7) is 4.41. The lowest BCUT2D eigenvalue weighted by Gasteiger charge is -2.24. The first-order chi connectivity index (χ1) is 14.2. The summed E-state index contributed by atoms with van der Waals surface area (Å²) >= 11 is 0. The standard InChI is InChI=1S/C19H27FN6O4/c1-9(2)16(29)24-18-22-14(25(4)10-5-6-10)12-15(23-18)26(8-21-12)17-11(20)13(28)19(3,7-27)30-17/h8-11,13,17,27-28H,5-7H2,1-4H3,(H,22,23,24,29)/t11-,13+,17-,19-/m1/s1. The van der Waals surface area contributed by atoms with E-state index >= 15 is 0 Å². The molecule has 4 rings (SSSR count). The van der Waals surface area contributed by atoms with E-state index in [1.165, 1.54) is 17.8 Å². The van der Waals surface area contributed by atoms with Crippen LogP contribution in [0, 0.1) is 5.92 Å². The van der Waals surface area contributed by atoms with Crippen molar-refractivity contribution < 1.29 is 24.1 Å². The highest BCUT2D eigenvalue weighted by Crippen LogP contribution is 2.41. The molecular formula is C19H27FN6O4. The van der Waals surface area contributed by atoms with Crippen LogP contribution in [0.15, 0.2) is 6.33 Å². The average Bonchev–Trinajstić information content (AvgIpc) is 3.45. The number of aliphatic hydroxyl groups is 2. The highest BCUT2D eigenvalue weighted by molar-refractivity contribution is 5.92. The topological polar surface area (TPSA) is 126 Å². The molecule has 164 valence electrons. The Balaban J connectivity index is 1.80. The molecule has 2 aromatic heterocycles. The minimum Gasteiger partial charge on any atom is -0.393 e. The summed E-state index contributed by atoms with van der Waals surface area (Å²) < 4.78 is 22.0. The number of hydrogen-bond donors (Lipinski definition) is 3. The Hall–Kier alpha value is -2.37. The molecule has 0 aromatic carbocycles. The molecule has 0 radical (unpaired) electrons. The number of imidazole rings is 1. The van der Waals surface area contributed by atoms with E-state index in [9.17, 15) is 19.4 Å². The van der Waals surface area contributed by atoms with Crippen molar-refractivity contribution >= 4 is 28.8 Å². The number of fused-ring (bicyclic) bond motifs is 1. The number of halogens is 1. The normalized spacial score (nSPS) is 29.0. The molecule has 1 aliphatic heterocycles. The number of aliphatic hydroxyl groups excluding tert-OH is 2. The molecule has 3 heterocycles. The first kappa shape index (κ1) is 20.9. The van der Waals surface area contributed by atoms with Gasteiger partial charge in [-0.15, -0.1) is 0 Å². The number of nitrogens with zero attached hydrogens (tertiary/aromatic N) is 5. The molecule has 3 N–H and O–H groups in total. The maximum absolute atomic E-state index is 14.9. The summed E-state index contributed by atoms with van der Waals surface area (Å²) in [6, 6.07) is 0.318. The van der Waals surface area contributed by atoms with Gasteiger partial charge in [-0.25, -0.2) is 9.37 Å². The summed E-state index contributed by atoms with van der Waals surface area (Å²) in [5.41, 5.74) is -0.737. The van der Waals surface area contributed by atoms with Gasteiger partial charge in [0.25, 0.3) is 0 Å². The van der Waals surface area contributed by atoms with Crippen molar-refractivity contribution in [3.63, 3.8) is 0 Å². The molecule has 4 atom stereocenters. The second-order valence-electron chi connectivity index (χ2n) is 8.55. The van der Waals surface area contributed by atoms with Gasteiger partial charge in [-0.05, 0) is 19.8 Å². The van der Waals surface area contributed by atoms with E-state index in [-0.39, 0.29) is 23.4 Å². The lowest BCUT2D eigenvalue weighted by molar-refractivity contribution is -0.118. The van der Waals surface area contributed by atoms with Crippen LogP contribution in [0.4, 0.5) is 16.2 Å². The SMILES string of the molecule is CC(C)C(=O)Nc1nc(N(C)C2CC2)c2ncn([C@@H]3O[C@](C)(CO)[C@@H](O)[C@H]3F)c2n1. The van der Waals surface area contributed by atoms with Gasteiger partial charge in [0.15, 0.2) is 29.4 Å². The minimum atomic E-state index is -1.80. The number of hydrogen-bond acceptors (Lipinski definition) is 8. The van der Waals surface area contributed by atoms with Crippen molar-refractivity contribution in [2.75, 3.05) is 23.9 Å². The fourth-order valence-electron chi connectivity index (χ4n) is 3.52. The summed E-state index contributed by atoms with van der Waals surface area (Å²) in [6.07, 6.45) is -1.12. The van der Waals surface area contributed by atoms with Gasteiger partial charge in [0.05, 0.1) is 12.9 Å². The zero-order chi connectivity index (χ0) is 21.8. The molecule has 0 spiro atoms. The van der Waals surface area contributed by atoms with E-state index in [4.69, 9.17) is 4.74 Å². The second-order valence-corrected chi connectivity index (χ2v) is 8.55. The van der Waals surface area contributed by atoms with E-state index < -0.39 is 30.7 Å². The maximum Gasteiger partial charge on any atom is 0.233 e. The van der Waals surface area contributed by atoms with Crippen molar-refractivity contribution in [1.29, 1.82) is 0 Å². The van der Waals surface area contributed by atoms with Gasteiger partial charge in [-0.3, -0.25) is 14.7 Å². The molecule has 1 aliphatic carbocycles. The molecule has 1 saturated carbocycles. The first-order valence-corrected chi connectivity index (χ1v) is 10.1. The first-order valence-electron chi connectivity index (χ1n) is 10.1. The third-order valence-corrected chi connectivity index (χ3v) is 5.77. The second kappa shape index (κ2) is 7.40. The van der Waals surface area contributed by atoms with Gasteiger partial charge in [-0.2, -0.15) is 9.97 Å². The highest BCUT2D eigenvalue weighted by atomic mass is 19.1. The Kier molecular flexibility index (Phi) is 5.15. The zero-order valence-corrected chi connectivity index (χ0v) is 17.4. The summed E-state index contributed by atoms with van der Waals surface area (Å²) in [7, 11) is 1.89. The fraction of sp³-hybridized carbons (Fsp3) is 0.684. The number of carbonyl (C=O) groups excluding carboxylic acids is 1. The monoisotopic (exact) mass is 422 g/mol. The smallest absolute Gasteiger partial charge is 0.233 e. The Bertz CT molecular complexity index is 964. The zero-order valence-electron chi connectivity index (χ0n) is 17.4. The molecule has 0 bridgehead atoms. The molecule has 0 unspecified atom stereocenters. The van der Waals surface area contributed by atoms with E-state index in [1.54, 1.807) is 13.8 Å². The van der Waals surface area contributed by atoms with Crippen LogP contribution in [-0.2, 0) is 9.53 Å². The summed E-state index contributed by atoms with van der Waals surface area (Å²) in [4.78, 5) is 27.4. The molecule has 1 amide bonds. The summed E-state index contributed by atoms with van der Waals surface area (Å²) in [5, 5.41) is 22.5. The average molecular weight is 422 g/mol. The Morgan fingerprint density at radius 3 is 2.73 bits per heavy atom. The Labute approximate surface area is 173 Å². The lowest BCUT2D eigenvalue weighted by atomic mass is 9.99. The molecule has 2 aliphatic rings. The van der Waals surface area contributed by atoms with Crippen LogP contribution in [0.1, 0.15) is 39.8 Å². The lowest BCUT2D eigenvalue weighted by Crippen LogP contribution is -2.42. The van der Waals surface area contributed by atoms with Gasteiger partial charge < -0.3 is 19.8 Å². The van der Waals surface area contributed by atoms with Crippen LogP contribution in [0.2, 0.25) is 0 Å². The molecular weight excluding hydrogens is 395 g/mol. The van der Waals surface area contributed by atoms with Gasteiger partial charge in [0, 0.05) is 19.0 Å². The number of carbonyl (C=O) groups is 1. The van der Waals surface area contributed by atoms with Crippen LogP contribution in [-0.4, -0.2) is 73.2 Å². The van der Waals surface area contributed by atoms with Gasteiger partial charge >= 0.3 is 0 Å².